The Morgan fingerprint density at radius 3 is 1.78 bits per heavy atom. The average molecular weight is 653 g/mol. The first-order valence-corrected chi connectivity index (χ1v) is 17.2. The van der Waals surface area contributed by atoms with Crippen molar-refractivity contribution in [2.24, 2.45) is 0 Å². The average Bonchev–Trinajstić information content (AvgIpc) is 3.85. The van der Waals surface area contributed by atoms with Gasteiger partial charge in [0, 0.05) is 56.0 Å². The summed E-state index contributed by atoms with van der Waals surface area (Å²) in [6, 6.07) is 55.6. The highest BCUT2D eigenvalue weighted by Gasteiger charge is 2.20. The molecule has 0 amide bonds. The number of aromatic nitrogens is 4. The fourth-order valence-electron chi connectivity index (χ4n) is 7.97. The minimum atomic E-state index is 0.644. The molecule has 11 rings (SSSR count). The number of nitrogens with zero attached hydrogens (tertiary/aromatic N) is 4. The van der Waals surface area contributed by atoms with Crippen LogP contribution < -0.4 is 0 Å². The highest BCUT2D eigenvalue weighted by molar-refractivity contribution is 6.19. The highest BCUT2D eigenvalue weighted by Crippen LogP contribution is 2.41. The number of para-hydroxylation sites is 3. The molecule has 0 atom stereocenters. The van der Waals surface area contributed by atoms with Gasteiger partial charge in [0.15, 0.2) is 0 Å². The van der Waals surface area contributed by atoms with Gasteiger partial charge in [-0.05, 0) is 65.2 Å². The normalized spacial score (nSPS) is 11.9. The Bertz CT molecular complexity index is 3130. The standard InChI is InChI=1S/C46H28N4O/c1-2-12-29(13-3-1)31-27-47-46(48-28-31)50-40-21-8-5-17-35(40)38-25-37-34-16-4-7-20-39(34)49(41(37)26-42(38)50)32-15-10-14-30(24-32)33-19-11-23-44-45(33)36-18-6-9-22-43(36)51-44/h1-28H. The lowest BCUT2D eigenvalue weighted by atomic mass is 9.99. The minimum Gasteiger partial charge on any atom is -0.456 e. The van der Waals surface area contributed by atoms with Gasteiger partial charge < -0.3 is 8.98 Å². The van der Waals surface area contributed by atoms with Gasteiger partial charge in [0.25, 0.3) is 0 Å². The van der Waals surface area contributed by atoms with Crippen LogP contribution in [-0.4, -0.2) is 19.1 Å². The van der Waals surface area contributed by atoms with E-state index >= 15 is 0 Å². The molecular formula is C46H28N4O. The van der Waals surface area contributed by atoms with Crippen LogP contribution in [0, 0.1) is 0 Å². The van der Waals surface area contributed by atoms with E-state index in [1.165, 1.54) is 21.5 Å². The zero-order chi connectivity index (χ0) is 33.5. The fourth-order valence-corrected chi connectivity index (χ4v) is 7.97. The number of hydrogen-bond donors (Lipinski definition) is 0. The second kappa shape index (κ2) is 10.8. The molecule has 4 heterocycles. The molecule has 0 aliphatic heterocycles. The Labute approximate surface area is 292 Å². The molecule has 0 aliphatic carbocycles. The van der Waals surface area contributed by atoms with Crippen LogP contribution in [0.1, 0.15) is 0 Å². The summed E-state index contributed by atoms with van der Waals surface area (Å²) >= 11 is 0. The van der Waals surface area contributed by atoms with E-state index in [1.54, 1.807) is 0 Å². The van der Waals surface area contributed by atoms with Crippen molar-refractivity contribution in [1.82, 2.24) is 19.1 Å². The molecule has 238 valence electrons. The molecule has 0 spiro atoms. The van der Waals surface area contributed by atoms with E-state index in [0.29, 0.717) is 5.95 Å². The molecule has 4 aromatic heterocycles. The van der Waals surface area contributed by atoms with Gasteiger partial charge in [-0.25, -0.2) is 9.97 Å². The number of benzene rings is 7. The molecule has 5 nitrogen and oxygen atoms in total. The van der Waals surface area contributed by atoms with Crippen molar-refractivity contribution in [2.45, 2.75) is 0 Å². The molecule has 0 radical (unpaired) electrons. The van der Waals surface area contributed by atoms with E-state index in [4.69, 9.17) is 14.4 Å². The van der Waals surface area contributed by atoms with Crippen LogP contribution in [0.25, 0.3) is 99.4 Å². The molecule has 0 saturated carbocycles. The molecule has 0 bridgehead atoms. The molecule has 7 aromatic carbocycles. The topological polar surface area (TPSA) is 48.8 Å². The number of rotatable bonds is 4. The Kier molecular flexibility index (Phi) is 5.89. The van der Waals surface area contributed by atoms with E-state index in [0.717, 1.165) is 71.9 Å². The van der Waals surface area contributed by atoms with Crippen molar-refractivity contribution in [3.63, 3.8) is 0 Å². The molecule has 0 fully saturated rings. The summed E-state index contributed by atoms with van der Waals surface area (Å²) in [5, 5.41) is 7.02. The summed E-state index contributed by atoms with van der Waals surface area (Å²) in [5.74, 6) is 0.644. The Morgan fingerprint density at radius 1 is 0.392 bits per heavy atom. The maximum Gasteiger partial charge on any atom is 0.234 e. The zero-order valence-corrected chi connectivity index (χ0v) is 27.4. The fraction of sp³-hybridized carbons (Fsp3) is 0. The minimum absolute atomic E-state index is 0.644. The van der Waals surface area contributed by atoms with Crippen molar-refractivity contribution < 1.29 is 4.42 Å². The number of fused-ring (bicyclic) bond motifs is 9. The third-order valence-corrected chi connectivity index (χ3v) is 10.2. The van der Waals surface area contributed by atoms with Crippen LogP contribution in [-0.2, 0) is 0 Å². The first kappa shape index (κ1) is 27.9. The smallest absolute Gasteiger partial charge is 0.234 e. The van der Waals surface area contributed by atoms with Crippen LogP contribution in [0.4, 0.5) is 0 Å². The lowest BCUT2D eigenvalue weighted by Crippen LogP contribution is -2.01. The van der Waals surface area contributed by atoms with Crippen molar-refractivity contribution in [1.29, 1.82) is 0 Å². The first-order valence-electron chi connectivity index (χ1n) is 17.2. The van der Waals surface area contributed by atoms with Gasteiger partial charge in [0.1, 0.15) is 11.2 Å². The second-order valence-electron chi connectivity index (χ2n) is 13.1. The summed E-state index contributed by atoms with van der Waals surface area (Å²) in [5.41, 5.74) is 11.7. The van der Waals surface area contributed by atoms with E-state index in [-0.39, 0.29) is 0 Å². The molecule has 0 aliphatic rings. The predicted molar refractivity (Wildman–Crippen MR) is 209 cm³/mol. The van der Waals surface area contributed by atoms with Gasteiger partial charge in [-0.2, -0.15) is 0 Å². The summed E-state index contributed by atoms with van der Waals surface area (Å²) in [6.07, 6.45) is 3.84. The third kappa shape index (κ3) is 4.15. The van der Waals surface area contributed by atoms with Crippen LogP contribution in [0.15, 0.2) is 175 Å². The Morgan fingerprint density at radius 2 is 1.00 bits per heavy atom. The molecule has 0 saturated heterocycles. The lowest BCUT2D eigenvalue weighted by Gasteiger charge is -2.12. The van der Waals surface area contributed by atoms with Crippen molar-refractivity contribution in [2.75, 3.05) is 0 Å². The molecule has 11 aromatic rings. The van der Waals surface area contributed by atoms with Crippen LogP contribution in [0.2, 0.25) is 0 Å². The second-order valence-corrected chi connectivity index (χ2v) is 13.1. The molecular weight excluding hydrogens is 625 g/mol. The van der Waals surface area contributed by atoms with Gasteiger partial charge in [-0.15, -0.1) is 0 Å². The first-order chi connectivity index (χ1) is 25.3. The zero-order valence-electron chi connectivity index (χ0n) is 27.4. The van der Waals surface area contributed by atoms with Gasteiger partial charge in [0.2, 0.25) is 5.95 Å². The maximum absolute atomic E-state index is 6.26. The molecule has 5 heteroatoms. The van der Waals surface area contributed by atoms with Crippen molar-refractivity contribution in [3.05, 3.63) is 170 Å². The number of furan rings is 1. The quantitative estimate of drug-likeness (QED) is 0.190. The SMILES string of the molecule is c1ccc(-c2cnc(-n3c4ccccc4c4cc5c6ccccc6n(-c6cccc(-c7cccc8oc9ccccc9c78)c6)c5cc43)nc2)cc1. The lowest BCUT2D eigenvalue weighted by molar-refractivity contribution is 0.669. The van der Waals surface area contributed by atoms with Crippen molar-refractivity contribution in [3.8, 4) is 33.9 Å². The maximum atomic E-state index is 6.26. The van der Waals surface area contributed by atoms with E-state index in [1.807, 2.05) is 42.7 Å². The molecule has 51 heavy (non-hydrogen) atoms. The van der Waals surface area contributed by atoms with Gasteiger partial charge in [-0.1, -0.05) is 109 Å². The highest BCUT2D eigenvalue weighted by atomic mass is 16.3. The molecule has 0 N–H and O–H groups in total. The van der Waals surface area contributed by atoms with Gasteiger partial charge in [0.05, 0.1) is 22.1 Å². The molecule has 0 unspecified atom stereocenters. The largest absolute Gasteiger partial charge is 0.456 e. The summed E-state index contributed by atoms with van der Waals surface area (Å²) in [4.78, 5) is 9.85. The van der Waals surface area contributed by atoms with Gasteiger partial charge in [-0.3, -0.25) is 4.57 Å². The monoisotopic (exact) mass is 652 g/mol. The summed E-state index contributed by atoms with van der Waals surface area (Å²) < 4.78 is 10.8. The van der Waals surface area contributed by atoms with Crippen molar-refractivity contribution >= 4 is 65.6 Å². The van der Waals surface area contributed by atoms with E-state index < -0.39 is 0 Å². The van der Waals surface area contributed by atoms with E-state index in [2.05, 4.69) is 137 Å². The number of hydrogen-bond acceptors (Lipinski definition) is 3. The van der Waals surface area contributed by atoms with Crippen LogP contribution in [0.3, 0.4) is 0 Å². The Balaban J connectivity index is 1.16. The van der Waals surface area contributed by atoms with Crippen LogP contribution in [0.5, 0.6) is 0 Å². The van der Waals surface area contributed by atoms with E-state index in [9.17, 15) is 0 Å². The van der Waals surface area contributed by atoms with Crippen LogP contribution >= 0.6 is 0 Å². The summed E-state index contributed by atoms with van der Waals surface area (Å²) in [7, 11) is 0. The van der Waals surface area contributed by atoms with Gasteiger partial charge >= 0.3 is 0 Å². The third-order valence-electron chi connectivity index (χ3n) is 10.2. The predicted octanol–water partition coefficient (Wildman–Crippen LogP) is 11.9. The Hall–Kier alpha value is -6.98. The summed E-state index contributed by atoms with van der Waals surface area (Å²) in [6.45, 7) is 0.